The van der Waals surface area contributed by atoms with Crippen molar-refractivity contribution < 1.29 is 9.53 Å². The summed E-state index contributed by atoms with van der Waals surface area (Å²) in [7, 11) is 1.28. The number of rotatable bonds is 3. The van der Waals surface area contributed by atoms with Gasteiger partial charge >= 0.3 is 5.97 Å². The lowest BCUT2D eigenvalue weighted by Crippen LogP contribution is -2.10. The Morgan fingerprint density at radius 3 is 2.68 bits per heavy atom. The summed E-state index contributed by atoms with van der Waals surface area (Å²) in [5.41, 5.74) is 8.04. The maximum absolute atomic E-state index is 11.9. The summed E-state index contributed by atoms with van der Waals surface area (Å²) in [5, 5.41) is 10.0. The number of nitrogen functional groups attached to an aromatic ring is 1. The molecule has 0 spiro atoms. The van der Waals surface area contributed by atoms with E-state index in [-0.39, 0.29) is 16.8 Å². The zero-order valence-electron chi connectivity index (χ0n) is 12.0. The molecule has 0 amide bonds. The average molecular weight is 333 g/mol. The number of carbonyl (C=O) groups excluding carboxylic acids is 1. The van der Waals surface area contributed by atoms with E-state index in [9.17, 15) is 10.1 Å². The minimum absolute atomic E-state index is 0.121. The second kappa shape index (κ2) is 6.73. The first kappa shape index (κ1) is 16.2. The Labute approximate surface area is 137 Å². The first-order chi connectivity index (χ1) is 10.5. The number of nitriles is 1. The molecule has 0 aliphatic heterocycles. The normalized spacial score (nSPS) is 10.1. The fourth-order valence-electron chi connectivity index (χ4n) is 2.16. The summed E-state index contributed by atoms with van der Waals surface area (Å²) in [4.78, 5) is 12.6. The van der Waals surface area contributed by atoms with E-state index in [0.29, 0.717) is 15.5 Å². The Morgan fingerprint density at radius 2 is 2.14 bits per heavy atom. The van der Waals surface area contributed by atoms with Crippen molar-refractivity contribution in [3.63, 3.8) is 0 Å². The van der Waals surface area contributed by atoms with Crippen LogP contribution in [-0.4, -0.2) is 19.3 Å². The fourth-order valence-corrected chi connectivity index (χ4v) is 2.98. The van der Waals surface area contributed by atoms with Gasteiger partial charge in [0.25, 0.3) is 0 Å². The summed E-state index contributed by atoms with van der Waals surface area (Å²) < 4.78 is 4.76. The topological polar surface area (TPSA) is 76.1 Å². The van der Waals surface area contributed by atoms with Crippen LogP contribution in [0, 0.1) is 11.3 Å². The summed E-state index contributed by atoms with van der Waals surface area (Å²) in [6.45, 7) is 0. The fraction of sp³-hybridized carbons (Fsp3) is 0.125. The predicted molar refractivity (Wildman–Crippen MR) is 89.1 cm³/mol. The minimum Gasteiger partial charge on any atom is -0.465 e. The summed E-state index contributed by atoms with van der Waals surface area (Å²) in [6, 6.07) is 11.0. The molecular weight excluding hydrogens is 320 g/mol. The lowest BCUT2D eigenvalue weighted by molar-refractivity contribution is 0.0598. The number of nitrogens with two attached hydrogens (primary N) is 1. The maximum atomic E-state index is 11.9. The number of esters is 1. The Balaban J connectivity index is 2.80. The number of hydrogen-bond donors (Lipinski definition) is 1. The molecule has 0 aliphatic rings. The SMILES string of the molecule is COC(=O)c1c(SC)cc(-c2cccc(Cl)c2)c(C#N)c1N. The van der Waals surface area contributed by atoms with Crippen molar-refractivity contribution in [3.8, 4) is 17.2 Å². The van der Waals surface area contributed by atoms with Crippen molar-refractivity contribution in [2.24, 2.45) is 0 Å². The van der Waals surface area contributed by atoms with Crippen LogP contribution >= 0.6 is 23.4 Å². The van der Waals surface area contributed by atoms with Crippen molar-refractivity contribution in [3.05, 3.63) is 46.5 Å². The molecule has 2 aromatic rings. The standard InChI is InChI=1S/C16H13ClN2O2S/c1-21-16(20)14-13(22-2)7-11(12(8-18)15(14)19)9-4-3-5-10(17)6-9/h3-7H,19H2,1-2H3. The van der Waals surface area contributed by atoms with Crippen molar-refractivity contribution in [2.75, 3.05) is 19.1 Å². The van der Waals surface area contributed by atoms with Gasteiger partial charge in [-0.2, -0.15) is 5.26 Å². The Hall–Kier alpha value is -2.16. The molecule has 0 saturated carbocycles. The lowest BCUT2D eigenvalue weighted by atomic mass is 9.96. The lowest BCUT2D eigenvalue weighted by Gasteiger charge is -2.14. The van der Waals surface area contributed by atoms with E-state index in [0.717, 1.165) is 5.56 Å². The van der Waals surface area contributed by atoms with Crippen LogP contribution in [0.15, 0.2) is 35.2 Å². The van der Waals surface area contributed by atoms with Crippen LogP contribution in [0.25, 0.3) is 11.1 Å². The summed E-state index contributed by atoms with van der Waals surface area (Å²) >= 11 is 7.38. The van der Waals surface area contributed by atoms with E-state index in [1.54, 1.807) is 24.3 Å². The van der Waals surface area contributed by atoms with Crippen molar-refractivity contribution >= 4 is 35.0 Å². The van der Waals surface area contributed by atoms with Gasteiger partial charge in [0, 0.05) is 15.5 Å². The minimum atomic E-state index is -0.559. The monoisotopic (exact) mass is 332 g/mol. The van der Waals surface area contributed by atoms with Gasteiger partial charge in [0.15, 0.2) is 0 Å². The van der Waals surface area contributed by atoms with Gasteiger partial charge < -0.3 is 10.5 Å². The number of benzene rings is 2. The highest BCUT2D eigenvalue weighted by Crippen LogP contribution is 2.37. The van der Waals surface area contributed by atoms with Crippen LogP contribution in [0.3, 0.4) is 0 Å². The summed E-state index contributed by atoms with van der Waals surface area (Å²) in [6.07, 6.45) is 1.83. The highest BCUT2D eigenvalue weighted by atomic mass is 35.5. The number of thioether (sulfide) groups is 1. The Kier molecular flexibility index (Phi) is 4.96. The van der Waals surface area contributed by atoms with Crippen molar-refractivity contribution in [1.29, 1.82) is 5.26 Å². The van der Waals surface area contributed by atoms with E-state index in [2.05, 4.69) is 6.07 Å². The maximum Gasteiger partial charge on any atom is 0.341 e. The number of methoxy groups -OCH3 is 1. The molecule has 0 heterocycles. The molecule has 0 saturated heterocycles. The Morgan fingerprint density at radius 1 is 1.41 bits per heavy atom. The average Bonchev–Trinajstić information content (AvgIpc) is 2.53. The largest absolute Gasteiger partial charge is 0.465 e. The summed E-state index contributed by atoms with van der Waals surface area (Å²) in [5.74, 6) is -0.559. The van der Waals surface area contributed by atoms with Crippen LogP contribution < -0.4 is 5.73 Å². The molecule has 0 radical (unpaired) electrons. The van der Waals surface area contributed by atoms with Crippen molar-refractivity contribution in [2.45, 2.75) is 4.90 Å². The highest BCUT2D eigenvalue weighted by Gasteiger charge is 2.22. The number of ether oxygens (including phenoxy) is 1. The second-order valence-electron chi connectivity index (χ2n) is 4.40. The van der Waals surface area contributed by atoms with Crippen LogP contribution in [0.2, 0.25) is 5.02 Å². The molecule has 0 atom stereocenters. The van der Waals surface area contributed by atoms with Crippen LogP contribution in [0.4, 0.5) is 5.69 Å². The van der Waals surface area contributed by atoms with Gasteiger partial charge in [0.1, 0.15) is 6.07 Å². The molecule has 0 fully saturated rings. The number of anilines is 1. The van der Waals surface area contributed by atoms with E-state index in [4.69, 9.17) is 22.1 Å². The van der Waals surface area contributed by atoms with Gasteiger partial charge in [0.2, 0.25) is 0 Å². The van der Waals surface area contributed by atoms with Gasteiger partial charge in [0.05, 0.1) is 23.9 Å². The zero-order valence-corrected chi connectivity index (χ0v) is 13.6. The first-order valence-electron chi connectivity index (χ1n) is 6.28. The van der Waals surface area contributed by atoms with Gasteiger partial charge in [-0.15, -0.1) is 11.8 Å². The van der Waals surface area contributed by atoms with Crippen LogP contribution in [-0.2, 0) is 4.74 Å². The first-order valence-corrected chi connectivity index (χ1v) is 7.88. The molecule has 0 unspecified atom stereocenters. The molecule has 22 heavy (non-hydrogen) atoms. The second-order valence-corrected chi connectivity index (χ2v) is 5.69. The van der Waals surface area contributed by atoms with E-state index < -0.39 is 5.97 Å². The highest BCUT2D eigenvalue weighted by molar-refractivity contribution is 7.98. The van der Waals surface area contributed by atoms with Gasteiger partial charge in [-0.25, -0.2) is 4.79 Å². The molecule has 2 N–H and O–H groups in total. The quantitative estimate of drug-likeness (QED) is 0.523. The number of carbonyl (C=O) groups is 1. The van der Waals surface area contributed by atoms with E-state index in [1.807, 2.05) is 12.3 Å². The smallest absolute Gasteiger partial charge is 0.341 e. The number of halogens is 1. The third-order valence-electron chi connectivity index (χ3n) is 3.19. The third-order valence-corrected chi connectivity index (χ3v) is 4.18. The van der Waals surface area contributed by atoms with E-state index in [1.165, 1.54) is 18.9 Å². The molecule has 112 valence electrons. The van der Waals surface area contributed by atoms with Gasteiger partial charge in [-0.3, -0.25) is 0 Å². The van der Waals surface area contributed by atoms with Crippen molar-refractivity contribution in [1.82, 2.24) is 0 Å². The number of hydrogen-bond acceptors (Lipinski definition) is 5. The molecule has 0 bridgehead atoms. The number of nitrogens with zero attached hydrogens (tertiary/aromatic N) is 1. The molecular formula is C16H13ClN2O2S. The Bertz CT molecular complexity index is 784. The molecule has 6 heteroatoms. The van der Waals surface area contributed by atoms with Crippen LogP contribution in [0.5, 0.6) is 0 Å². The van der Waals surface area contributed by atoms with Gasteiger partial charge in [-0.1, -0.05) is 23.7 Å². The molecule has 2 rings (SSSR count). The van der Waals surface area contributed by atoms with Gasteiger partial charge in [-0.05, 0) is 30.0 Å². The predicted octanol–water partition coefficient (Wildman–Crippen LogP) is 3.97. The molecule has 0 aliphatic carbocycles. The van der Waals surface area contributed by atoms with E-state index >= 15 is 0 Å². The third kappa shape index (κ3) is 2.89. The molecule has 4 nitrogen and oxygen atoms in total. The zero-order chi connectivity index (χ0) is 16.3. The molecule has 0 aromatic heterocycles. The van der Waals surface area contributed by atoms with Crippen LogP contribution in [0.1, 0.15) is 15.9 Å². The molecule has 2 aromatic carbocycles.